The minimum atomic E-state index is -0.117. The first-order chi connectivity index (χ1) is 19.2. The summed E-state index contributed by atoms with van der Waals surface area (Å²) in [5.41, 5.74) is 4.88. The van der Waals surface area contributed by atoms with E-state index in [1.807, 2.05) is 48.7 Å². The van der Waals surface area contributed by atoms with Gasteiger partial charge in [-0.25, -0.2) is 0 Å². The van der Waals surface area contributed by atoms with E-state index in [0.29, 0.717) is 47.6 Å². The van der Waals surface area contributed by atoms with Gasteiger partial charge in [-0.2, -0.15) is 4.80 Å². The van der Waals surface area contributed by atoms with E-state index in [9.17, 15) is 9.59 Å². The normalized spacial score (nSPS) is 12.3. The highest BCUT2D eigenvalue weighted by molar-refractivity contribution is 6.10. The number of rotatable bonds is 13. The molecular formula is C31H41N7O2. The number of nitrogens with one attached hydrogen (secondary N) is 1. The number of fused-ring (bicyclic) bond motifs is 1. The van der Waals surface area contributed by atoms with Crippen LogP contribution in [0.2, 0.25) is 0 Å². The van der Waals surface area contributed by atoms with E-state index in [1.54, 1.807) is 18.0 Å². The van der Waals surface area contributed by atoms with E-state index in [1.165, 1.54) is 10.4 Å². The molecule has 0 radical (unpaired) electrons. The van der Waals surface area contributed by atoms with Gasteiger partial charge in [0.15, 0.2) is 5.82 Å². The molecule has 3 aromatic heterocycles. The predicted octanol–water partition coefficient (Wildman–Crippen LogP) is 4.49. The van der Waals surface area contributed by atoms with Gasteiger partial charge in [-0.15, -0.1) is 10.2 Å². The number of hydrogen-bond donors (Lipinski definition) is 1. The summed E-state index contributed by atoms with van der Waals surface area (Å²) in [6.07, 6.45) is 4.57. The Bertz CT molecular complexity index is 1450. The summed E-state index contributed by atoms with van der Waals surface area (Å²) in [6.45, 7) is 12.4. The smallest absolute Gasteiger partial charge is 0.254 e. The molecule has 0 aliphatic carbocycles. The molecule has 9 heteroatoms. The first-order valence-corrected chi connectivity index (χ1v) is 14.3. The Morgan fingerprint density at radius 1 is 1.02 bits per heavy atom. The number of amides is 1. The van der Waals surface area contributed by atoms with Gasteiger partial charge in [0.2, 0.25) is 5.78 Å². The highest BCUT2D eigenvalue weighted by atomic mass is 16.2. The van der Waals surface area contributed by atoms with Crippen LogP contribution in [-0.4, -0.2) is 60.3 Å². The van der Waals surface area contributed by atoms with Gasteiger partial charge >= 0.3 is 0 Å². The molecular weight excluding hydrogens is 502 g/mol. The number of tetrazole rings is 1. The minimum absolute atomic E-state index is 0.0147. The van der Waals surface area contributed by atoms with Gasteiger partial charge in [-0.3, -0.25) is 9.59 Å². The zero-order valence-corrected chi connectivity index (χ0v) is 24.5. The van der Waals surface area contributed by atoms with Crippen LogP contribution >= 0.6 is 0 Å². The maximum Gasteiger partial charge on any atom is 0.254 e. The van der Waals surface area contributed by atoms with E-state index in [-0.39, 0.29) is 18.2 Å². The van der Waals surface area contributed by atoms with Crippen molar-refractivity contribution in [1.29, 1.82) is 0 Å². The SMILES string of the molecule is CCNC(CCc1ccc(C(=O)c2c(CC)cc3cc(C(=O)N(CC)Cc4nnn(C)n4)ccn23)cc1)C(C)C. The number of nitrogens with zero attached hydrogens (tertiary/aromatic N) is 6. The minimum Gasteiger partial charge on any atom is -0.331 e. The molecule has 0 aliphatic rings. The first-order valence-electron chi connectivity index (χ1n) is 14.3. The summed E-state index contributed by atoms with van der Waals surface area (Å²) in [4.78, 5) is 30.1. The van der Waals surface area contributed by atoms with E-state index >= 15 is 0 Å². The number of aromatic nitrogens is 5. The van der Waals surface area contributed by atoms with Crippen LogP contribution in [0.4, 0.5) is 0 Å². The molecule has 1 N–H and O–H groups in total. The molecule has 1 unspecified atom stereocenters. The van der Waals surface area contributed by atoms with Crippen molar-refractivity contribution in [3.8, 4) is 0 Å². The Labute approximate surface area is 236 Å². The molecule has 1 aromatic carbocycles. The highest BCUT2D eigenvalue weighted by Gasteiger charge is 2.22. The third kappa shape index (κ3) is 6.47. The van der Waals surface area contributed by atoms with Crippen LogP contribution < -0.4 is 5.32 Å². The standard InChI is InChI=1S/C31H41N7O2/c1-7-23-18-26-19-25(31(40)37(9-3)20-28-33-35-36(6)34-28)16-17-38(26)29(23)30(39)24-13-10-22(11-14-24)12-15-27(21(4)5)32-8-2/h10-11,13-14,16-19,21,27,32H,7-9,12,15,20H2,1-6H3. The second kappa shape index (κ2) is 13.0. The topological polar surface area (TPSA) is 97.4 Å². The summed E-state index contributed by atoms with van der Waals surface area (Å²) in [5, 5.41) is 15.6. The lowest BCUT2D eigenvalue weighted by Gasteiger charge is -2.21. The lowest BCUT2D eigenvalue weighted by molar-refractivity contribution is 0.0748. The summed E-state index contributed by atoms with van der Waals surface area (Å²) in [6, 6.07) is 14.1. The van der Waals surface area contributed by atoms with Crippen LogP contribution in [-0.2, 0) is 26.4 Å². The van der Waals surface area contributed by atoms with Gasteiger partial charge in [-0.1, -0.05) is 52.0 Å². The van der Waals surface area contributed by atoms with Crippen molar-refractivity contribution in [3.05, 3.63) is 82.4 Å². The zero-order valence-electron chi connectivity index (χ0n) is 24.5. The first kappa shape index (κ1) is 29.1. The molecule has 40 heavy (non-hydrogen) atoms. The second-order valence-electron chi connectivity index (χ2n) is 10.6. The summed E-state index contributed by atoms with van der Waals surface area (Å²) in [7, 11) is 1.70. The van der Waals surface area contributed by atoms with E-state index in [0.717, 1.165) is 30.5 Å². The maximum absolute atomic E-state index is 13.7. The van der Waals surface area contributed by atoms with Crippen molar-refractivity contribution >= 4 is 17.2 Å². The molecule has 3 heterocycles. The number of ketones is 1. The summed E-state index contributed by atoms with van der Waals surface area (Å²) < 4.78 is 1.90. The molecule has 0 bridgehead atoms. The van der Waals surface area contributed by atoms with E-state index in [4.69, 9.17) is 0 Å². The van der Waals surface area contributed by atoms with Crippen LogP contribution in [0.25, 0.3) is 5.52 Å². The third-order valence-electron chi connectivity index (χ3n) is 7.48. The lowest BCUT2D eigenvalue weighted by Crippen LogP contribution is -2.34. The molecule has 1 amide bonds. The fourth-order valence-corrected chi connectivity index (χ4v) is 5.17. The van der Waals surface area contributed by atoms with E-state index in [2.05, 4.69) is 53.6 Å². The van der Waals surface area contributed by atoms with Crippen molar-refractivity contribution in [2.45, 2.75) is 66.5 Å². The van der Waals surface area contributed by atoms with E-state index < -0.39 is 0 Å². The Hall–Kier alpha value is -3.85. The number of carbonyl (C=O) groups is 2. The zero-order chi connectivity index (χ0) is 28.8. The fourth-order valence-electron chi connectivity index (χ4n) is 5.17. The molecule has 0 fully saturated rings. The summed E-state index contributed by atoms with van der Waals surface area (Å²) >= 11 is 0. The highest BCUT2D eigenvalue weighted by Crippen LogP contribution is 2.23. The third-order valence-corrected chi connectivity index (χ3v) is 7.48. The molecule has 1 atom stereocenters. The van der Waals surface area contributed by atoms with Crippen LogP contribution in [0.3, 0.4) is 0 Å². The number of hydrogen-bond acceptors (Lipinski definition) is 6. The van der Waals surface area contributed by atoms with Crippen molar-refractivity contribution in [2.75, 3.05) is 13.1 Å². The van der Waals surface area contributed by atoms with Crippen LogP contribution in [0.1, 0.15) is 84.4 Å². The van der Waals surface area contributed by atoms with Gasteiger partial charge in [0.1, 0.15) is 0 Å². The van der Waals surface area contributed by atoms with Gasteiger partial charge < -0.3 is 14.6 Å². The number of pyridine rings is 1. The monoisotopic (exact) mass is 543 g/mol. The molecule has 212 valence electrons. The molecule has 0 aliphatic heterocycles. The maximum atomic E-state index is 13.7. The molecule has 0 saturated carbocycles. The molecule has 4 aromatic rings. The molecule has 0 saturated heterocycles. The average Bonchev–Trinajstić information content (AvgIpc) is 3.55. The molecule has 9 nitrogen and oxygen atoms in total. The Balaban J connectivity index is 1.54. The molecule has 4 rings (SSSR count). The Morgan fingerprint density at radius 2 is 1.77 bits per heavy atom. The van der Waals surface area contributed by atoms with Gasteiger partial charge in [0, 0.05) is 35.4 Å². The Morgan fingerprint density at radius 3 is 2.38 bits per heavy atom. The van der Waals surface area contributed by atoms with Crippen LogP contribution in [0, 0.1) is 5.92 Å². The van der Waals surface area contributed by atoms with Crippen LogP contribution in [0.5, 0.6) is 0 Å². The predicted molar refractivity (Wildman–Crippen MR) is 156 cm³/mol. The van der Waals surface area contributed by atoms with Crippen molar-refractivity contribution < 1.29 is 9.59 Å². The number of aryl methyl sites for hydroxylation is 3. The number of benzene rings is 1. The van der Waals surface area contributed by atoms with Crippen molar-refractivity contribution in [3.63, 3.8) is 0 Å². The average molecular weight is 544 g/mol. The number of carbonyl (C=O) groups excluding carboxylic acids is 2. The van der Waals surface area contributed by atoms with Gasteiger partial charge in [0.25, 0.3) is 5.91 Å². The quantitative estimate of drug-likeness (QED) is 0.250. The largest absolute Gasteiger partial charge is 0.331 e. The van der Waals surface area contributed by atoms with Gasteiger partial charge in [-0.05, 0) is 73.2 Å². The lowest BCUT2D eigenvalue weighted by atomic mass is 9.95. The second-order valence-corrected chi connectivity index (χ2v) is 10.6. The van der Waals surface area contributed by atoms with Crippen molar-refractivity contribution in [2.24, 2.45) is 13.0 Å². The Kier molecular flexibility index (Phi) is 9.47. The summed E-state index contributed by atoms with van der Waals surface area (Å²) in [5.74, 6) is 0.936. The fraction of sp³-hybridized carbons (Fsp3) is 0.452. The van der Waals surface area contributed by atoms with Crippen LogP contribution in [0.15, 0.2) is 48.7 Å². The van der Waals surface area contributed by atoms with Gasteiger partial charge in [0.05, 0.1) is 19.3 Å². The van der Waals surface area contributed by atoms with Crippen molar-refractivity contribution in [1.82, 2.24) is 34.8 Å². The molecule has 0 spiro atoms.